The van der Waals surface area contributed by atoms with E-state index in [-0.39, 0.29) is 6.04 Å². The zero-order chi connectivity index (χ0) is 14.8. The second-order valence-electron chi connectivity index (χ2n) is 5.06. The molecule has 1 atom stereocenters. The van der Waals surface area contributed by atoms with E-state index in [9.17, 15) is 0 Å². The van der Waals surface area contributed by atoms with Crippen molar-refractivity contribution < 1.29 is 0 Å². The zero-order valence-electron chi connectivity index (χ0n) is 11.7. The number of nitrogens with two attached hydrogens (primary N) is 1. The Kier molecular flexibility index (Phi) is 4.01. The molecule has 0 aliphatic rings. The van der Waals surface area contributed by atoms with Crippen molar-refractivity contribution in [3.8, 4) is 0 Å². The van der Waals surface area contributed by atoms with Gasteiger partial charge in [-0.1, -0.05) is 40.2 Å². The van der Waals surface area contributed by atoms with Crippen molar-refractivity contribution in [1.29, 1.82) is 0 Å². The van der Waals surface area contributed by atoms with Crippen LogP contribution in [0.5, 0.6) is 0 Å². The summed E-state index contributed by atoms with van der Waals surface area (Å²) in [7, 11) is 0. The van der Waals surface area contributed by atoms with E-state index in [1.807, 2.05) is 30.5 Å². The smallest absolute Gasteiger partial charge is 0.0728 e. The van der Waals surface area contributed by atoms with E-state index in [4.69, 9.17) is 5.84 Å². The second-order valence-corrected chi connectivity index (χ2v) is 5.98. The molecule has 0 radical (unpaired) electrons. The lowest BCUT2D eigenvalue weighted by Gasteiger charge is -2.19. The van der Waals surface area contributed by atoms with Gasteiger partial charge in [0.1, 0.15) is 0 Å². The number of pyridine rings is 1. The van der Waals surface area contributed by atoms with Gasteiger partial charge in [-0.3, -0.25) is 10.8 Å². The van der Waals surface area contributed by atoms with Crippen molar-refractivity contribution in [2.24, 2.45) is 5.84 Å². The number of hydrogen-bond acceptors (Lipinski definition) is 3. The first-order valence-electron chi connectivity index (χ1n) is 6.76. The molecule has 0 amide bonds. The first-order valence-corrected chi connectivity index (χ1v) is 7.55. The van der Waals surface area contributed by atoms with Crippen LogP contribution in [0.25, 0.3) is 10.9 Å². The van der Waals surface area contributed by atoms with E-state index >= 15 is 0 Å². The highest BCUT2D eigenvalue weighted by Crippen LogP contribution is 2.28. The average molecular weight is 342 g/mol. The van der Waals surface area contributed by atoms with E-state index in [0.717, 1.165) is 26.5 Å². The van der Waals surface area contributed by atoms with Crippen molar-refractivity contribution in [2.45, 2.75) is 13.0 Å². The second kappa shape index (κ2) is 5.93. The highest BCUT2D eigenvalue weighted by Gasteiger charge is 2.16. The van der Waals surface area contributed by atoms with Crippen molar-refractivity contribution in [2.75, 3.05) is 0 Å². The van der Waals surface area contributed by atoms with Gasteiger partial charge in [0.15, 0.2) is 0 Å². The Hall–Kier alpha value is -1.75. The van der Waals surface area contributed by atoms with Crippen molar-refractivity contribution in [3.63, 3.8) is 0 Å². The van der Waals surface area contributed by atoms with Crippen LogP contribution in [0.4, 0.5) is 0 Å². The maximum Gasteiger partial charge on any atom is 0.0728 e. The fraction of sp³-hybridized carbons (Fsp3) is 0.118. The molecule has 0 saturated carbocycles. The van der Waals surface area contributed by atoms with Crippen molar-refractivity contribution in [3.05, 3.63) is 75.9 Å². The van der Waals surface area contributed by atoms with Crippen LogP contribution in [0.3, 0.4) is 0 Å². The molecule has 1 aromatic heterocycles. The summed E-state index contributed by atoms with van der Waals surface area (Å²) < 4.78 is 1.04. The SMILES string of the molecule is Cc1ccc(Br)cc1C(NN)c1cnc2ccccc2c1. The van der Waals surface area contributed by atoms with E-state index < -0.39 is 0 Å². The summed E-state index contributed by atoms with van der Waals surface area (Å²) in [6.07, 6.45) is 1.88. The van der Waals surface area contributed by atoms with Crippen LogP contribution in [-0.4, -0.2) is 4.98 Å². The Morgan fingerprint density at radius 3 is 2.76 bits per heavy atom. The van der Waals surface area contributed by atoms with Gasteiger partial charge in [-0.05, 0) is 47.9 Å². The lowest BCUT2D eigenvalue weighted by molar-refractivity contribution is 0.632. The third kappa shape index (κ3) is 2.83. The number of fused-ring (bicyclic) bond motifs is 1. The molecule has 1 unspecified atom stereocenters. The van der Waals surface area contributed by atoms with Crippen LogP contribution >= 0.6 is 15.9 Å². The molecular formula is C17H16BrN3. The van der Waals surface area contributed by atoms with Crippen LogP contribution < -0.4 is 11.3 Å². The molecule has 0 saturated heterocycles. The predicted molar refractivity (Wildman–Crippen MR) is 89.8 cm³/mol. The molecule has 4 heteroatoms. The Balaban J connectivity index is 2.11. The van der Waals surface area contributed by atoms with E-state index in [1.165, 1.54) is 5.56 Å². The normalized spacial score (nSPS) is 12.5. The number of aryl methyl sites for hydroxylation is 1. The van der Waals surface area contributed by atoms with E-state index in [0.29, 0.717) is 0 Å². The first-order chi connectivity index (χ1) is 10.2. The summed E-state index contributed by atoms with van der Waals surface area (Å²) in [6, 6.07) is 16.3. The van der Waals surface area contributed by atoms with Gasteiger partial charge in [-0.2, -0.15) is 0 Å². The van der Waals surface area contributed by atoms with Crippen LogP contribution in [-0.2, 0) is 0 Å². The van der Waals surface area contributed by atoms with E-state index in [1.54, 1.807) is 0 Å². The summed E-state index contributed by atoms with van der Waals surface area (Å²) in [4.78, 5) is 4.52. The Labute approximate surface area is 132 Å². The monoisotopic (exact) mass is 341 g/mol. The number of hydrogen-bond donors (Lipinski definition) is 2. The maximum atomic E-state index is 5.81. The average Bonchev–Trinajstić information content (AvgIpc) is 2.51. The Bertz CT molecular complexity index is 786. The summed E-state index contributed by atoms with van der Waals surface area (Å²) >= 11 is 3.52. The number of benzene rings is 2. The number of hydrazine groups is 1. The summed E-state index contributed by atoms with van der Waals surface area (Å²) in [5, 5.41) is 1.11. The number of nitrogens with one attached hydrogen (secondary N) is 1. The maximum absolute atomic E-state index is 5.81. The van der Waals surface area contributed by atoms with Crippen LogP contribution in [0.15, 0.2) is 59.2 Å². The largest absolute Gasteiger partial charge is 0.271 e. The van der Waals surface area contributed by atoms with Gasteiger partial charge in [0.2, 0.25) is 0 Å². The fourth-order valence-corrected chi connectivity index (χ4v) is 2.91. The number of para-hydroxylation sites is 1. The highest BCUT2D eigenvalue weighted by atomic mass is 79.9. The van der Waals surface area contributed by atoms with Gasteiger partial charge in [0, 0.05) is 16.1 Å². The number of aromatic nitrogens is 1. The van der Waals surface area contributed by atoms with Crippen molar-refractivity contribution in [1.82, 2.24) is 10.4 Å². The highest BCUT2D eigenvalue weighted by molar-refractivity contribution is 9.10. The molecule has 0 spiro atoms. The minimum Gasteiger partial charge on any atom is -0.271 e. The van der Waals surface area contributed by atoms with Crippen molar-refractivity contribution >= 4 is 26.8 Å². The lowest BCUT2D eigenvalue weighted by Crippen LogP contribution is -2.29. The third-order valence-corrected chi connectivity index (χ3v) is 4.16. The molecule has 2 aromatic carbocycles. The van der Waals surface area contributed by atoms with Gasteiger partial charge in [0.25, 0.3) is 0 Å². The predicted octanol–water partition coefficient (Wildman–Crippen LogP) is 3.86. The summed E-state index contributed by atoms with van der Waals surface area (Å²) in [5.74, 6) is 5.81. The molecule has 1 heterocycles. The molecule has 0 bridgehead atoms. The molecule has 0 aliphatic carbocycles. The first kappa shape index (κ1) is 14.2. The topological polar surface area (TPSA) is 50.9 Å². The number of nitrogens with zero attached hydrogens (tertiary/aromatic N) is 1. The quantitative estimate of drug-likeness (QED) is 0.561. The molecular weight excluding hydrogens is 326 g/mol. The molecule has 3 N–H and O–H groups in total. The number of halogens is 1. The molecule has 3 aromatic rings. The van der Waals surface area contributed by atoms with Gasteiger partial charge in [-0.15, -0.1) is 0 Å². The molecule has 0 aliphatic heterocycles. The standard InChI is InChI=1S/C17H16BrN3/c1-11-6-7-14(18)9-15(11)17(21-19)13-8-12-4-2-3-5-16(12)20-10-13/h2-10,17,21H,19H2,1H3. The minimum absolute atomic E-state index is 0.0837. The summed E-state index contributed by atoms with van der Waals surface area (Å²) in [6.45, 7) is 2.08. The third-order valence-electron chi connectivity index (χ3n) is 3.66. The van der Waals surface area contributed by atoms with Gasteiger partial charge < -0.3 is 0 Å². The molecule has 3 nitrogen and oxygen atoms in total. The van der Waals surface area contributed by atoms with Gasteiger partial charge >= 0.3 is 0 Å². The Morgan fingerprint density at radius 2 is 1.95 bits per heavy atom. The summed E-state index contributed by atoms with van der Waals surface area (Å²) in [5.41, 5.74) is 7.28. The van der Waals surface area contributed by atoms with Crippen LogP contribution in [0.1, 0.15) is 22.7 Å². The van der Waals surface area contributed by atoms with Gasteiger partial charge in [-0.25, -0.2) is 5.43 Å². The Morgan fingerprint density at radius 1 is 1.14 bits per heavy atom. The molecule has 0 fully saturated rings. The number of rotatable bonds is 3. The zero-order valence-corrected chi connectivity index (χ0v) is 13.3. The fourth-order valence-electron chi connectivity index (χ4n) is 2.53. The van der Waals surface area contributed by atoms with Crippen LogP contribution in [0.2, 0.25) is 0 Å². The lowest BCUT2D eigenvalue weighted by atomic mass is 9.96. The minimum atomic E-state index is -0.0837. The van der Waals surface area contributed by atoms with E-state index in [2.05, 4.69) is 57.5 Å². The molecule has 3 rings (SSSR count). The molecule has 21 heavy (non-hydrogen) atoms. The molecule has 106 valence electrons. The van der Waals surface area contributed by atoms with Crippen LogP contribution in [0, 0.1) is 6.92 Å². The van der Waals surface area contributed by atoms with Gasteiger partial charge in [0.05, 0.1) is 11.6 Å².